The van der Waals surface area contributed by atoms with Crippen LogP contribution in [0.1, 0.15) is 16.2 Å². The molecule has 15 heavy (non-hydrogen) atoms. The van der Waals surface area contributed by atoms with Crippen molar-refractivity contribution < 1.29 is 4.79 Å². The number of aromatic nitrogens is 1. The van der Waals surface area contributed by atoms with Crippen molar-refractivity contribution >= 4 is 11.6 Å². The summed E-state index contributed by atoms with van der Waals surface area (Å²) in [5.41, 5.74) is 2.36. The van der Waals surface area contributed by atoms with Gasteiger partial charge in [-0.25, -0.2) is 0 Å². The fourth-order valence-corrected chi connectivity index (χ4v) is 1.36. The highest BCUT2D eigenvalue weighted by Crippen LogP contribution is 2.08. The van der Waals surface area contributed by atoms with Crippen molar-refractivity contribution in [2.45, 2.75) is 6.92 Å². The second-order valence-electron chi connectivity index (χ2n) is 3.38. The van der Waals surface area contributed by atoms with E-state index in [-0.39, 0.29) is 5.91 Å². The molecule has 0 fully saturated rings. The normalized spacial score (nSPS) is 9.93. The van der Waals surface area contributed by atoms with Crippen LogP contribution in [-0.2, 0) is 0 Å². The predicted octanol–water partition coefficient (Wildman–Crippen LogP) is 2.58. The summed E-state index contributed by atoms with van der Waals surface area (Å²) in [6.45, 7) is 1.92. The van der Waals surface area contributed by atoms with Gasteiger partial charge in [0.05, 0.1) is 0 Å². The third kappa shape index (κ3) is 2.26. The summed E-state index contributed by atoms with van der Waals surface area (Å²) in [6, 6.07) is 13.0. The zero-order valence-corrected chi connectivity index (χ0v) is 8.45. The Bertz CT molecular complexity index is 459. The van der Waals surface area contributed by atoms with Crippen molar-refractivity contribution in [3.05, 3.63) is 53.9 Å². The van der Waals surface area contributed by atoms with Crippen LogP contribution in [0, 0.1) is 6.92 Å². The van der Waals surface area contributed by atoms with E-state index in [1.165, 1.54) is 0 Å². The van der Waals surface area contributed by atoms with Crippen LogP contribution in [0.15, 0.2) is 42.5 Å². The number of rotatable bonds is 2. The molecule has 1 aromatic carbocycles. The monoisotopic (exact) mass is 200 g/mol. The molecule has 0 atom stereocenters. The first kappa shape index (κ1) is 9.52. The lowest BCUT2D eigenvalue weighted by atomic mass is 10.3. The van der Waals surface area contributed by atoms with Crippen molar-refractivity contribution in [2.24, 2.45) is 0 Å². The van der Waals surface area contributed by atoms with Crippen molar-refractivity contribution in [2.75, 3.05) is 5.32 Å². The number of carbonyl (C=O) groups excluding carboxylic acids is 1. The Morgan fingerprint density at radius 3 is 2.47 bits per heavy atom. The van der Waals surface area contributed by atoms with E-state index in [1.807, 2.05) is 43.3 Å². The van der Waals surface area contributed by atoms with Gasteiger partial charge in [-0.2, -0.15) is 0 Å². The fraction of sp³-hybridized carbons (Fsp3) is 0.0833. The second kappa shape index (κ2) is 4.00. The van der Waals surface area contributed by atoms with Crippen molar-refractivity contribution in [1.29, 1.82) is 0 Å². The highest BCUT2D eigenvalue weighted by atomic mass is 16.1. The van der Waals surface area contributed by atoms with Crippen molar-refractivity contribution in [3.8, 4) is 0 Å². The van der Waals surface area contributed by atoms with Crippen LogP contribution < -0.4 is 5.32 Å². The van der Waals surface area contributed by atoms with Gasteiger partial charge in [0.2, 0.25) is 0 Å². The van der Waals surface area contributed by atoms with E-state index < -0.39 is 0 Å². The lowest BCUT2D eigenvalue weighted by Crippen LogP contribution is -2.12. The van der Waals surface area contributed by atoms with Crippen LogP contribution in [0.3, 0.4) is 0 Å². The number of benzene rings is 1. The molecule has 0 aliphatic rings. The van der Waals surface area contributed by atoms with Crippen LogP contribution in [0.25, 0.3) is 0 Å². The maximum absolute atomic E-state index is 11.7. The quantitative estimate of drug-likeness (QED) is 0.768. The number of nitrogens with one attached hydrogen (secondary N) is 2. The average molecular weight is 200 g/mol. The number of carbonyl (C=O) groups is 1. The molecule has 1 aromatic heterocycles. The first-order valence-corrected chi connectivity index (χ1v) is 4.78. The van der Waals surface area contributed by atoms with Crippen molar-refractivity contribution in [3.63, 3.8) is 0 Å². The van der Waals surface area contributed by atoms with Crippen LogP contribution in [0.4, 0.5) is 5.69 Å². The SMILES string of the molecule is Cc1ccc(C(=O)Nc2ccccc2)[nH]1. The number of hydrogen-bond acceptors (Lipinski definition) is 1. The Morgan fingerprint density at radius 1 is 1.13 bits per heavy atom. The van der Waals surface area contributed by atoms with Crippen molar-refractivity contribution in [1.82, 2.24) is 4.98 Å². The van der Waals surface area contributed by atoms with Crippen LogP contribution in [0.2, 0.25) is 0 Å². The molecule has 1 amide bonds. The van der Waals surface area contributed by atoms with E-state index in [4.69, 9.17) is 0 Å². The first-order chi connectivity index (χ1) is 7.25. The van der Waals surface area contributed by atoms with Gasteiger partial charge in [0.1, 0.15) is 5.69 Å². The molecule has 76 valence electrons. The molecule has 0 bridgehead atoms. The molecule has 2 aromatic rings. The second-order valence-corrected chi connectivity index (χ2v) is 3.38. The number of anilines is 1. The highest BCUT2D eigenvalue weighted by molar-refractivity contribution is 6.02. The maximum atomic E-state index is 11.7. The Hall–Kier alpha value is -2.03. The summed E-state index contributed by atoms with van der Waals surface area (Å²) in [7, 11) is 0. The summed E-state index contributed by atoms with van der Waals surface area (Å²) in [4.78, 5) is 14.7. The number of aryl methyl sites for hydroxylation is 1. The number of hydrogen-bond donors (Lipinski definition) is 2. The van der Waals surface area contributed by atoms with Crippen LogP contribution in [0.5, 0.6) is 0 Å². The smallest absolute Gasteiger partial charge is 0.272 e. The highest BCUT2D eigenvalue weighted by Gasteiger charge is 2.06. The van der Waals surface area contributed by atoms with E-state index in [9.17, 15) is 4.79 Å². The molecule has 0 radical (unpaired) electrons. The van der Waals surface area contributed by atoms with Gasteiger partial charge >= 0.3 is 0 Å². The number of H-pyrrole nitrogens is 1. The zero-order valence-electron chi connectivity index (χ0n) is 8.45. The lowest BCUT2D eigenvalue weighted by Gasteiger charge is -2.02. The van der Waals surface area contributed by atoms with Gasteiger partial charge in [0.25, 0.3) is 5.91 Å². The predicted molar refractivity (Wildman–Crippen MR) is 59.9 cm³/mol. The summed E-state index contributed by atoms with van der Waals surface area (Å²) in [6.07, 6.45) is 0. The minimum absolute atomic E-state index is 0.116. The third-order valence-corrected chi connectivity index (χ3v) is 2.11. The summed E-state index contributed by atoms with van der Waals surface area (Å²) in [5.74, 6) is -0.116. The summed E-state index contributed by atoms with van der Waals surface area (Å²) < 4.78 is 0. The van der Waals surface area contributed by atoms with E-state index in [1.54, 1.807) is 6.07 Å². The van der Waals surface area contributed by atoms with Gasteiger partial charge in [-0.15, -0.1) is 0 Å². The minimum Gasteiger partial charge on any atom is -0.355 e. The van der Waals surface area contributed by atoms with E-state index in [0.717, 1.165) is 11.4 Å². The van der Waals surface area contributed by atoms with Gasteiger partial charge < -0.3 is 10.3 Å². The molecule has 2 N–H and O–H groups in total. The van der Waals surface area contributed by atoms with E-state index >= 15 is 0 Å². The molecular formula is C12H12N2O. The van der Waals surface area contributed by atoms with Gasteiger partial charge in [-0.05, 0) is 31.2 Å². The fourth-order valence-electron chi connectivity index (χ4n) is 1.36. The lowest BCUT2D eigenvalue weighted by molar-refractivity contribution is 0.102. The molecule has 0 spiro atoms. The van der Waals surface area contributed by atoms with Crippen LogP contribution >= 0.6 is 0 Å². The zero-order chi connectivity index (χ0) is 10.7. The Morgan fingerprint density at radius 2 is 1.87 bits per heavy atom. The molecule has 0 aliphatic heterocycles. The minimum atomic E-state index is -0.116. The van der Waals surface area contributed by atoms with Crippen LogP contribution in [-0.4, -0.2) is 10.9 Å². The molecule has 0 saturated heterocycles. The van der Waals surface area contributed by atoms with Gasteiger partial charge in [0, 0.05) is 11.4 Å². The molecule has 1 heterocycles. The summed E-state index contributed by atoms with van der Waals surface area (Å²) >= 11 is 0. The molecule has 3 heteroatoms. The molecule has 0 unspecified atom stereocenters. The maximum Gasteiger partial charge on any atom is 0.272 e. The molecular weight excluding hydrogens is 188 g/mol. The molecule has 3 nitrogen and oxygen atoms in total. The Labute approximate surface area is 88.1 Å². The molecule has 0 saturated carbocycles. The Kier molecular flexibility index (Phi) is 2.54. The number of aromatic amines is 1. The molecule has 0 aliphatic carbocycles. The van der Waals surface area contributed by atoms with Gasteiger partial charge in [-0.1, -0.05) is 18.2 Å². The van der Waals surface area contributed by atoms with E-state index in [0.29, 0.717) is 5.69 Å². The number of amides is 1. The summed E-state index contributed by atoms with van der Waals surface area (Å²) in [5, 5.41) is 2.80. The standard InChI is InChI=1S/C12H12N2O/c1-9-7-8-11(13-9)12(15)14-10-5-3-2-4-6-10/h2-8,13H,1H3,(H,14,15). The topological polar surface area (TPSA) is 44.9 Å². The molecule has 2 rings (SSSR count). The van der Waals surface area contributed by atoms with E-state index in [2.05, 4.69) is 10.3 Å². The van der Waals surface area contributed by atoms with Gasteiger partial charge in [0.15, 0.2) is 0 Å². The number of para-hydroxylation sites is 1. The largest absolute Gasteiger partial charge is 0.355 e. The van der Waals surface area contributed by atoms with Gasteiger partial charge in [-0.3, -0.25) is 4.79 Å². The average Bonchev–Trinajstić information content (AvgIpc) is 2.66. The Balaban J connectivity index is 2.11. The third-order valence-electron chi connectivity index (χ3n) is 2.11. The first-order valence-electron chi connectivity index (χ1n) is 4.78.